The normalized spacial score (nSPS) is 35.3. The van der Waals surface area contributed by atoms with Crippen LogP contribution in [0.5, 0.6) is 0 Å². The first-order valence-electron chi connectivity index (χ1n) is 11.1. The highest BCUT2D eigenvalue weighted by Gasteiger charge is 2.35. The van der Waals surface area contributed by atoms with Gasteiger partial charge in [-0.3, -0.25) is 10.5 Å². The largest absolute Gasteiger partial charge is 0.734 e. The van der Waals surface area contributed by atoms with E-state index in [0.29, 0.717) is 36.2 Å². The predicted octanol–water partition coefficient (Wildman–Crippen LogP) is 2.40. The average Bonchev–Trinajstić information content (AvgIpc) is 2.73. The van der Waals surface area contributed by atoms with E-state index in [9.17, 15) is 10.4 Å². The number of hydrogen-bond donors (Lipinski definition) is 5. The summed E-state index contributed by atoms with van der Waals surface area (Å²) in [4.78, 5) is 4.69. The van der Waals surface area contributed by atoms with Crippen LogP contribution in [-0.2, 0) is 0 Å². The van der Waals surface area contributed by atoms with E-state index in [1.165, 1.54) is 11.8 Å². The summed E-state index contributed by atoms with van der Waals surface area (Å²) in [5.74, 6) is 2.68. The quantitative estimate of drug-likeness (QED) is 0.403. The maximum absolute atomic E-state index is 11.8. The molecule has 6 N–H and O–H groups in total. The minimum Gasteiger partial charge on any atom is -0.734 e. The fourth-order valence-corrected chi connectivity index (χ4v) is 4.48. The predicted molar refractivity (Wildman–Crippen MR) is 120 cm³/mol. The highest BCUT2D eigenvalue weighted by molar-refractivity contribution is 5.83. The van der Waals surface area contributed by atoms with Crippen molar-refractivity contribution in [2.45, 2.75) is 52.1 Å². The zero-order chi connectivity index (χ0) is 21.7. The number of hydrogen-bond acceptors (Lipinski definition) is 6. The number of nitrogens with one attached hydrogen (secondary N) is 3. The Morgan fingerprint density at radius 1 is 1.30 bits per heavy atom. The Balaban J connectivity index is 1.64. The number of nitrogens with two attached hydrogens (primary N) is 1. The Hall–Kier alpha value is -1.87. The molecule has 0 saturated heterocycles. The van der Waals surface area contributed by atoms with Crippen molar-refractivity contribution in [3.63, 3.8) is 0 Å². The van der Waals surface area contributed by atoms with E-state index in [0.717, 1.165) is 38.8 Å². The summed E-state index contributed by atoms with van der Waals surface area (Å²) in [7, 11) is 0. The van der Waals surface area contributed by atoms with Gasteiger partial charge in [0.2, 0.25) is 0 Å². The number of rotatable bonds is 7. The van der Waals surface area contributed by atoms with E-state index in [4.69, 9.17) is 5.73 Å². The van der Waals surface area contributed by atoms with Crippen molar-refractivity contribution in [1.29, 1.82) is 0 Å². The van der Waals surface area contributed by atoms with Gasteiger partial charge in [0.25, 0.3) is 0 Å². The fourth-order valence-electron chi connectivity index (χ4n) is 4.48. The lowest BCUT2D eigenvalue weighted by molar-refractivity contribution is -0.0238. The maximum atomic E-state index is 11.8. The van der Waals surface area contributed by atoms with Crippen LogP contribution < -0.4 is 21.7 Å². The summed E-state index contributed by atoms with van der Waals surface area (Å²) in [5.41, 5.74) is 6.34. The number of hydroxylamine groups is 2. The standard InChI is InChI=1S/C22H37N6O2/c1-15-5-4-6-19(16(15)2)13-24-21-25-14-20(28(29)30)22(3,27-21)26-12-18-9-7-17(11-23)8-10-18/h4-6,14-18,26,29H,7-13,23H2,1-3H3,(H2,24,25,27)/q-1. The molecule has 0 aromatic carbocycles. The Morgan fingerprint density at radius 3 is 2.67 bits per heavy atom. The molecule has 8 heteroatoms. The first-order chi connectivity index (χ1) is 14.3. The molecule has 3 aliphatic rings. The smallest absolute Gasteiger partial charge is 0.197 e. The number of nitrogens with zero attached hydrogens (tertiary/aromatic N) is 2. The zero-order valence-electron chi connectivity index (χ0n) is 18.4. The van der Waals surface area contributed by atoms with Crippen LogP contribution in [-0.4, -0.2) is 41.7 Å². The molecule has 0 spiro atoms. The fraction of sp³-hybridized carbons (Fsp3) is 0.682. The molecular weight excluding hydrogens is 380 g/mol. The number of allylic oxidation sites excluding steroid dienone is 3. The molecule has 2 aliphatic carbocycles. The van der Waals surface area contributed by atoms with Crippen molar-refractivity contribution in [3.8, 4) is 0 Å². The Labute approximate surface area is 179 Å². The first-order valence-corrected chi connectivity index (χ1v) is 11.1. The van der Waals surface area contributed by atoms with E-state index in [2.05, 4.69) is 53.0 Å². The van der Waals surface area contributed by atoms with Crippen molar-refractivity contribution in [2.24, 2.45) is 34.4 Å². The molecule has 0 aromatic heterocycles. The van der Waals surface area contributed by atoms with Gasteiger partial charge in [0, 0.05) is 12.7 Å². The Bertz CT molecular complexity index is 708. The monoisotopic (exact) mass is 417 g/mol. The van der Waals surface area contributed by atoms with Crippen molar-refractivity contribution in [2.75, 3.05) is 19.6 Å². The van der Waals surface area contributed by atoms with E-state index in [1.54, 1.807) is 0 Å². The minimum atomic E-state index is -0.912. The number of guanidine groups is 1. The van der Waals surface area contributed by atoms with Crippen molar-refractivity contribution < 1.29 is 5.21 Å². The lowest BCUT2D eigenvalue weighted by atomic mass is 9.82. The third kappa shape index (κ3) is 5.43. The second-order valence-electron chi connectivity index (χ2n) is 9.14. The molecule has 3 atom stereocenters. The average molecular weight is 418 g/mol. The molecule has 30 heavy (non-hydrogen) atoms. The van der Waals surface area contributed by atoms with Gasteiger partial charge in [-0.1, -0.05) is 32.1 Å². The zero-order valence-corrected chi connectivity index (χ0v) is 18.4. The molecule has 1 heterocycles. The van der Waals surface area contributed by atoms with E-state index < -0.39 is 5.66 Å². The van der Waals surface area contributed by atoms with Crippen LogP contribution in [0.4, 0.5) is 0 Å². The van der Waals surface area contributed by atoms with Crippen LogP contribution in [0.1, 0.15) is 46.5 Å². The molecule has 3 unspecified atom stereocenters. The molecule has 1 aliphatic heterocycles. The molecule has 168 valence electrons. The summed E-state index contributed by atoms with van der Waals surface area (Å²) < 4.78 is 0. The number of aliphatic imine (C=N–C) groups is 1. The molecule has 1 fully saturated rings. The molecule has 1 saturated carbocycles. The van der Waals surface area contributed by atoms with E-state index >= 15 is 0 Å². The van der Waals surface area contributed by atoms with Gasteiger partial charge in [-0.25, -0.2) is 4.99 Å². The SMILES string of the molecule is CC1C=CC=C(CN=C2NC=C(N([O-])O)C(C)(NCC3CCC(CN)CC3)N2)C1C. The Morgan fingerprint density at radius 2 is 2.00 bits per heavy atom. The summed E-state index contributed by atoms with van der Waals surface area (Å²) in [6.45, 7) is 8.37. The maximum Gasteiger partial charge on any atom is 0.197 e. The minimum absolute atomic E-state index is 0.0900. The molecule has 0 bridgehead atoms. The van der Waals surface area contributed by atoms with E-state index in [1.807, 2.05) is 6.92 Å². The molecule has 8 nitrogen and oxygen atoms in total. The van der Waals surface area contributed by atoms with Gasteiger partial charge in [0.1, 0.15) is 5.66 Å². The topological polar surface area (TPSA) is 121 Å². The first kappa shape index (κ1) is 22.8. The van der Waals surface area contributed by atoms with Gasteiger partial charge in [-0.05, 0) is 68.4 Å². The lowest BCUT2D eigenvalue weighted by Crippen LogP contribution is -2.65. The third-order valence-corrected chi connectivity index (χ3v) is 6.99. The molecule has 3 rings (SSSR count). The van der Waals surface area contributed by atoms with Crippen molar-refractivity contribution in [3.05, 3.63) is 40.9 Å². The molecule has 0 radical (unpaired) electrons. The van der Waals surface area contributed by atoms with Gasteiger partial charge in [0.15, 0.2) is 5.96 Å². The van der Waals surface area contributed by atoms with Gasteiger partial charge < -0.3 is 26.8 Å². The third-order valence-electron chi connectivity index (χ3n) is 6.99. The van der Waals surface area contributed by atoms with Crippen LogP contribution >= 0.6 is 0 Å². The highest BCUT2D eigenvalue weighted by Crippen LogP contribution is 2.29. The molecular formula is C22H37N6O2-. The Kier molecular flexibility index (Phi) is 7.57. The van der Waals surface area contributed by atoms with Crippen LogP contribution in [0.2, 0.25) is 0 Å². The molecule has 0 amide bonds. The highest BCUT2D eigenvalue weighted by atomic mass is 16.8. The van der Waals surface area contributed by atoms with Gasteiger partial charge in [-0.15, -0.1) is 0 Å². The van der Waals surface area contributed by atoms with Crippen molar-refractivity contribution >= 4 is 5.96 Å². The van der Waals surface area contributed by atoms with Crippen LogP contribution in [0.3, 0.4) is 0 Å². The molecule has 0 aromatic rings. The summed E-state index contributed by atoms with van der Waals surface area (Å²) in [5, 5.41) is 31.0. The van der Waals surface area contributed by atoms with Gasteiger partial charge >= 0.3 is 0 Å². The van der Waals surface area contributed by atoms with E-state index in [-0.39, 0.29) is 10.9 Å². The summed E-state index contributed by atoms with van der Waals surface area (Å²) in [6, 6.07) is 0. The van der Waals surface area contributed by atoms with Crippen LogP contribution in [0.25, 0.3) is 0 Å². The van der Waals surface area contributed by atoms with Gasteiger partial charge in [0.05, 0.1) is 12.2 Å². The summed E-state index contributed by atoms with van der Waals surface area (Å²) in [6.07, 6.45) is 12.5. The van der Waals surface area contributed by atoms with Crippen LogP contribution in [0.15, 0.2) is 40.7 Å². The second-order valence-corrected chi connectivity index (χ2v) is 9.14. The van der Waals surface area contributed by atoms with Crippen molar-refractivity contribution in [1.82, 2.24) is 21.2 Å². The van der Waals surface area contributed by atoms with Gasteiger partial charge in [-0.2, -0.15) is 0 Å². The lowest BCUT2D eigenvalue weighted by Gasteiger charge is -2.44. The van der Waals surface area contributed by atoms with Crippen LogP contribution in [0, 0.1) is 28.9 Å². The summed E-state index contributed by atoms with van der Waals surface area (Å²) >= 11 is 0. The second kappa shape index (κ2) is 9.96.